The van der Waals surface area contributed by atoms with E-state index in [1.54, 1.807) is 0 Å². The Morgan fingerprint density at radius 3 is 2.52 bits per heavy atom. The molecule has 21 heavy (non-hydrogen) atoms. The minimum Gasteiger partial charge on any atom is -0.357 e. The van der Waals surface area contributed by atoms with Crippen LogP contribution >= 0.6 is 24.0 Å². The molecule has 5 nitrogen and oxygen atoms in total. The van der Waals surface area contributed by atoms with Crippen molar-refractivity contribution in [2.75, 3.05) is 13.1 Å². The van der Waals surface area contributed by atoms with Gasteiger partial charge in [-0.15, -0.1) is 30.4 Å². The smallest absolute Gasteiger partial charge is 0.192 e. The van der Waals surface area contributed by atoms with E-state index in [0.29, 0.717) is 13.1 Å². The number of aliphatic imine (C=N–C) groups is 1. The van der Waals surface area contributed by atoms with E-state index in [1.807, 2.05) is 18.7 Å². The van der Waals surface area contributed by atoms with Crippen LogP contribution in [0.5, 0.6) is 0 Å². The second kappa shape index (κ2) is 10.5. The van der Waals surface area contributed by atoms with Crippen molar-refractivity contribution in [3.8, 4) is 12.3 Å². The Morgan fingerprint density at radius 1 is 1.29 bits per heavy atom. The minimum atomic E-state index is 0. The van der Waals surface area contributed by atoms with E-state index < -0.39 is 0 Å². The molecule has 1 aromatic rings. The number of nitrogens with zero attached hydrogens (tertiary/aromatic N) is 3. The molecule has 1 aromatic heterocycles. The van der Waals surface area contributed by atoms with Gasteiger partial charge in [0.25, 0.3) is 0 Å². The summed E-state index contributed by atoms with van der Waals surface area (Å²) in [4.78, 5) is 4.60. The Bertz CT molecular complexity index is 499. The molecule has 0 atom stereocenters. The van der Waals surface area contributed by atoms with Crippen LogP contribution in [-0.2, 0) is 26.4 Å². The first-order valence-corrected chi connectivity index (χ1v) is 7.17. The summed E-state index contributed by atoms with van der Waals surface area (Å²) in [6, 6.07) is 0. The first-order chi connectivity index (χ1) is 9.67. The number of aromatic nitrogens is 2. The molecule has 2 N–H and O–H groups in total. The summed E-state index contributed by atoms with van der Waals surface area (Å²) < 4.78 is 1.96. The molecule has 1 rings (SSSR count). The Balaban J connectivity index is 0.00000400. The molecule has 118 valence electrons. The van der Waals surface area contributed by atoms with E-state index in [-0.39, 0.29) is 24.0 Å². The lowest BCUT2D eigenvalue weighted by Gasteiger charge is -2.09. The van der Waals surface area contributed by atoms with Crippen molar-refractivity contribution in [3.63, 3.8) is 0 Å². The van der Waals surface area contributed by atoms with Crippen LogP contribution in [0.3, 0.4) is 0 Å². The van der Waals surface area contributed by atoms with Crippen LogP contribution in [0.4, 0.5) is 0 Å². The van der Waals surface area contributed by atoms with E-state index in [9.17, 15) is 0 Å². The average Bonchev–Trinajstić information content (AvgIpc) is 2.77. The first-order valence-electron chi connectivity index (χ1n) is 7.17. The fourth-order valence-electron chi connectivity index (χ4n) is 2.21. The maximum Gasteiger partial charge on any atom is 0.192 e. The highest BCUT2D eigenvalue weighted by atomic mass is 127. The molecular formula is C15H26IN5. The highest BCUT2D eigenvalue weighted by molar-refractivity contribution is 14.0. The Hall–Kier alpha value is -1.23. The number of rotatable bonds is 6. The van der Waals surface area contributed by atoms with E-state index >= 15 is 0 Å². The molecule has 1 heterocycles. The van der Waals surface area contributed by atoms with Crippen LogP contribution < -0.4 is 10.6 Å². The van der Waals surface area contributed by atoms with Crippen molar-refractivity contribution in [2.45, 2.75) is 40.2 Å². The fourth-order valence-corrected chi connectivity index (χ4v) is 2.21. The summed E-state index contributed by atoms with van der Waals surface area (Å²) in [6.45, 7) is 8.21. The average molecular weight is 403 g/mol. The van der Waals surface area contributed by atoms with Crippen molar-refractivity contribution in [2.24, 2.45) is 12.0 Å². The van der Waals surface area contributed by atoms with Gasteiger partial charge < -0.3 is 10.6 Å². The van der Waals surface area contributed by atoms with Crippen molar-refractivity contribution in [3.05, 3.63) is 17.0 Å². The first kappa shape index (κ1) is 19.8. The molecular weight excluding hydrogens is 377 g/mol. The summed E-state index contributed by atoms with van der Waals surface area (Å²) in [5, 5.41) is 10.8. The second-order valence-corrected chi connectivity index (χ2v) is 4.46. The number of halogens is 1. The highest BCUT2D eigenvalue weighted by Gasteiger charge is 2.13. The monoisotopic (exact) mass is 403 g/mol. The second-order valence-electron chi connectivity index (χ2n) is 4.46. The maximum atomic E-state index is 5.27. The number of terminal acetylenes is 1. The molecule has 0 bridgehead atoms. The largest absolute Gasteiger partial charge is 0.357 e. The van der Waals surface area contributed by atoms with Gasteiger partial charge in [-0.25, -0.2) is 4.99 Å². The predicted molar refractivity (Wildman–Crippen MR) is 99.0 cm³/mol. The molecule has 0 aromatic carbocycles. The van der Waals surface area contributed by atoms with Crippen LogP contribution in [-0.4, -0.2) is 28.8 Å². The third-order valence-electron chi connectivity index (χ3n) is 3.13. The Morgan fingerprint density at radius 2 is 2.00 bits per heavy atom. The molecule has 0 radical (unpaired) electrons. The SMILES string of the molecule is C#CCNC(=NCc1c(CC)nn(C)c1CC)NCC.I. The lowest BCUT2D eigenvalue weighted by Crippen LogP contribution is -2.37. The summed E-state index contributed by atoms with van der Waals surface area (Å²) in [5.74, 6) is 3.30. The van der Waals surface area contributed by atoms with E-state index in [4.69, 9.17) is 6.42 Å². The minimum absolute atomic E-state index is 0. The van der Waals surface area contributed by atoms with Crippen LogP contribution in [0.1, 0.15) is 37.7 Å². The van der Waals surface area contributed by atoms with E-state index in [0.717, 1.165) is 31.0 Å². The van der Waals surface area contributed by atoms with Gasteiger partial charge in [-0.1, -0.05) is 19.8 Å². The normalized spacial score (nSPS) is 10.7. The number of hydrogen-bond acceptors (Lipinski definition) is 2. The molecule has 6 heteroatoms. The van der Waals surface area contributed by atoms with Crippen molar-refractivity contribution >= 4 is 29.9 Å². The Kier molecular flexibility index (Phi) is 9.88. The summed E-state index contributed by atoms with van der Waals surface area (Å²) in [5.41, 5.74) is 3.61. The van der Waals surface area contributed by atoms with Gasteiger partial charge in [0.1, 0.15) is 0 Å². The van der Waals surface area contributed by atoms with Gasteiger partial charge in [-0.2, -0.15) is 5.10 Å². The van der Waals surface area contributed by atoms with Crippen LogP contribution in [0.25, 0.3) is 0 Å². The van der Waals surface area contributed by atoms with Gasteiger partial charge in [0.05, 0.1) is 18.8 Å². The molecule has 0 saturated carbocycles. The zero-order chi connectivity index (χ0) is 15.0. The molecule has 0 unspecified atom stereocenters. The molecule has 0 aliphatic rings. The quantitative estimate of drug-likeness (QED) is 0.330. The zero-order valence-electron chi connectivity index (χ0n) is 13.4. The van der Waals surface area contributed by atoms with Gasteiger partial charge >= 0.3 is 0 Å². The molecule has 0 aliphatic heterocycles. The van der Waals surface area contributed by atoms with E-state index in [2.05, 4.69) is 40.5 Å². The van der Waals surface area contributed by atoms with Crippen molar-refractivity contribution in [1.29, 1.82) is 0 Å². The predicted octanol–water partition coefficient (Wildman–Crippen LogP) is 1.85. The van der Waals surface area contributed by atoms with Crippen LogP contribution in [0.15, 0.2) is 4.99 Å². The Labute approximate surface area is 145 Å². The topological polar surface area (TPSA) is 54.2 Å². The standard InChI is InChI=1S/C15H25N5.HI/c1-6-10-17-15(16-9-4)18-11-12-13(7-2)19-20(5)14(12)8-3;/h1H,7-11H2,2-5H3,(H2,16,17,18);1H. The van der Waals surface area contributed by atoms with Gasteiger partial charge in [-0.05, 0) is 19.8 Å². The number of guanidine groups is 1. The van der Waals surface area contributed by atoms with Crippen molar-refractivity contribution < 1.29 is 0 Å². The molecule has 0 spiro atoms. The van der Waals surface area contributed by atoms with Crippen LogP contribution in [0, 0.1) is 12.3 Å². The zero-order valence-corrected chi connectivity index (χ0v) is 15.7. The highest BCUT2D eigenvalue weighted by Crippen LogP contribution is 2.16. The summed E-state index contributed by atoms with van der Waals surface area (Å²) in [6.07, 6.45) is 7.15. The number of aryl methyl sites for hydroxylation is 2. The van der Waals surface area contributed by atoms with E-state index in [1.165, 1.54) is 11.3 Å². The fraction of sp³-hybridized carbons (Fsp3) is 0.600. The van der Waals surface area contributed by atoms with Crippen LogP contribution in [0.2, 0.25) is 0 Å². The summed E-state index contributed by atoms with van der Waals surface area (Å²) >= 11 is 0. The molecule has 0 amide bonds. The van der Waals surface area contributed by atoms with Gasteiger partial charge in [0.15, 0.2) is 5.96 Å². The molecule has 0 aliphatic carbocycles. The summed E-state index contributed by atoms with van der Waals surface area (Å²) in [7, 11) is 1.99. The lowest BCUT2D eigenvalue weighted by atomic mass is 10.1. The van der Waals surface area contributed by atoms with Crippen molar-refractivity contribution in [1.82, 2.24) is 20.4 Å². The number of nitrogens with one attached hydrogen (secondary N) is 2. The molecule has 0 saturated heterocycles. The third kappa shape index (κ3) is 5.58. The molecule has 0 fully saturated rings. The number of hydrogen-bond donors (Lipinski definition) is 2. The van der Waals surface area contributed by atoms with Gasteiger partial charge in [-0.3, -0.25) is 4.68 Å². The third-order valence-corrected chi connectivity index (χ3v) is 3.13. The maximum absolute atomic E-state index is 5.27. The van der Waals surface area contributed by atoms with Gasteiger partial charge in [0, 0.05) is 24.8 Å². The van der Waals surface area contributed by atoms with Gasteiger partial charge in [0.2, 0.25) is 0 Å². The lowest BCUT2D eigenvalue weighted by molar-refractivity contribution is 0.703.